The standard InChI is InChI=1S/C12H22N4O/c1-3-10-5-4-7-16(8-6-10)12-15-14-11(17-12)9(2)13/h9-10H,3-8,13H2,1-2H3. The third-order valence-corrected chi connectivity index (χ3v) is 3.52. The van der Waals surface area contributed by atoms with Gasteiger partial charge in [-0.3, -0.25) is 0 Å². The molecule has 2 unspecified atom stereocenters. The molecule has 17 heavy (non-hydrogen) atoms. The molecular weight excluding hydrogens is 216 g/mol. The summed E-state index contributed by atoms with van der Waals surface area (Å²) in [6.07, 6.45) is 4.99. The molecule has 2 rings (SSSR count). The van der Waals surface area contributed by atoms with Gasteiger partial charge in [-0.05, 0) is 32.1 Å². The smallest absolute Gasteiger partial charge is 0.318 e. The molecule has 0 amide bonds. The predicted octanol–water partition coefficient (Wildman–Crippen LogP) is 2.11. The summed E-state index contributed by atoms with van der Waals surface area (Å²) in [5.41, 5.74) is 5.72. The second kappa shape index (κ2) is 5.49. The summed E-state index contributed by atoms with van der Waals surface area (Å²) in [4.78, 5) is 2.19. The lowest BCUT2D eigenvalue weighted by atomic mass is 9.98. The van der Waals surface area contributed by atoms with Crippen LogP contribution < -0.4 is 10.6 Å². The molecule has 96 valence electrons. The Balaban J connectivity index is 2.01. The Morgan fingerprint density at radius 3 is 2.88 bits per heavy atom. The monoisotopic (exact) mass is 238 g/mol. The Kier molecular flexibility index (Phi) is 3.99. The van der Waals surface area contributed by atoms with E-state index in [9.17, 15) is 0 Å². The number of aromatic nitrogens is 2. The van der Waals surface area contributed by atoms with Gasteiger partial charge in [-0.2, -0.15) is 0 Å². The summed E-state index contributed by atoms with van der Waals surface area (Å²) in [7, 11) is 0. The van der Waals surface area contributed by atoms with Crippen LogP contribution in [0.2, 0.25) is 0 Å². The molecule has 1 aromatic rings. The van der Waals surface area contributed by atoms with Crippen molar-refractivity contribution in [2.24, 2.45) is 11.7 Å². The van der Waals surface area contributed by atoms with Crippen molar-refractivity contribution in [2.75, 3.05) is 18.0 Å². The van der Waals surface area contributed by atoms with Crippen molar-refractivity contribution in [1.82, 2.24) is 10.2 Å². The molecular formula is C12H22N4O. The van der Waals surface area contributed by atoms with Crippen LogP contribution in [0.3, 0.4) is 0 Å². The lowest BCUT2D eigenvalue weighted by molar-refractivity contribution is 0.448. The molecule has 2 heterocycles. The van der Waals surface area contributed by atoms with Gasteiger partial charge in [-0.1, -0.05) is 18.4 Å². The van der Waals surface area contributed by atoms with E-state index in [1.54, 1.807) is 0 Å². The average Bonchev–Trinajstić information content (AvgIpc) is 2.68. The second-order valence-electron chi connectivity index (χ2n) is 4.90. The Morgan fingerprint density at radius 2 is 2.24 bits per heavy atom. The van der Waals surface area contributed by atoms with Gasteiger partial charge in [-0.25, -0.2) is 0 Å². The van der Waals surface area contributed by atoms with Gasteiger partial charge < -0.3 is 15.1 Å². The van der Waals surface area contributed by atoms with E-state index in [0.717, 1.165) is 19.0 Å². The molecule has 0 bridgehead atoms. The van der Waals surface area contributed by atoms with Crippen LogP contribution >= 0.6 is 0 Å². The Morgan fingerprint density at radius 1 is 1.41 bits per heavy atom. The number of nitrogens with zero attached hydrogens (tertiary/aromatic N) is 3. The van der Waals surface area contributed by atoms with E-state index in [1.807, 2.05) is 6.92 Å². The fourth-order valence-electron chi connectivity index (χ4n) is 2.30. The first kappa shape index (κ1) is 12.4. The quantitative estimate of drug-likeness (QED) is 0.873. The molecule has 5 nitrogen and oxygen atoms in total. The zero-order valence-electron chi connectivity index (χ0n) is 10.7. The van der Waals surface area contributed by atoms with E-state index in [-0.39, 0.29) is 6.04 Å². The zero-order chi connectivity index (χ0) is 12.3. The molecule has 1 aliphatic heterocycles. The summed E-state index contributed by atoms with van der Waals surface area (Å²) in [6.45, 7) is 6.14. The molecule has 0 aliphatic carbocycles. The van der Waals surface area contributed by atoms with Crippen molar-refractivity contribution in [2.45, 2.75) is 45.6 Å². The zero-order valence-corrected chi connectivity index (χ0v) is 10.7. The highest BCUT2D eigenvalue weighted by atomic mass is 16.4. The van der Waals surface area contributed by atoms with Crippen molar-refractivity contribution >= 4 is 6.01 Å². The first-order chi connectivity index (χ1) is 8.20. The lowest BCUT2D eigenvalue weighted by Gasteiger charge is -2.17. The van der Waals surface area contributed by atoms with Gasteiger partial charge in [0.1, 0.15) is 0 Å². The van der Waals surface area contributed by atoms with Crippen LogP contribution in [0.15, 0.2) is 4.42 Å². The van der Waals surface area contributed by atoms with E-state index in [1.165, 1.54) is 25.7 Å². The van der Waals surface area contributed by atoms with Gasteiger partial charge in [0.05, 0.1) is 6.04 Å². The first-order valence-corrected chi connectivity index (χ1v) is 6.54. The molecule has 5 heteroatoms. The maximum absolute atomic E-state index is 5.72. The van der Waals surface area contributed by atoms with Crippen LogP contribution in [0, 0.1) is 5.92 Å². The maximum Gasteiger partial charge on any atom is 0.318 e. The third-order valence-electron chi connectivity index (χ3n) is 3.52. The molecule has 1 saturated heterocycles. The summed E-state index contributed by atoms with van der Waals surface area (Å²) >= 11 is 0. The van der Waals surface area contributed by atoms with Crippen LogP contribution in [0.4, 0.5) is 6.01 Å². The molecule has 0 radical (unpaired) electrons. The highest BCUT2D eigenvalue weighted by Gasteiger charge is 2.20. The molecule has 1 aliphatic rings. The number of nitrogens with two attached hydrogens (primary N) is 1. The maximum atomic E-state index is 5.72. The summed E-state index contributed by atoms with van der Waals surface area (Å²) in [5, 5.41) is 8.06. The van der Waals surface area contributed by atoms with Crippen molar-refractivity contribution in [3.05, 3.63) is 5.89 Å². The van der Waals surface area contributed by atoms with Crippen LogP contribution in [0.25, 0.3) is 0 Å². The van der Waals surface area contributed by atoms with E-state index < -0.39 is 0 Å². The Labute approximate surface area is 102 Å². The minimum absolute atomic E-state index is 0.188. The fraction of sp³-hybridized carbons (Fsp3) is 0.833. The lowest BCUT2D eigenvalue weighted by Crippen LogP contribution is -2.24. The second-order valence-corrected chi connectivity index (χ2v) is 4.90. The highest BCUT2D eigenvalue weighted by molar-refractivity contribution is 5.24. The molecule has 1 fully saturated rings. The van der Waals surface area contributed by atoms with Crippen LogP contribution in [0.5, 0.6) is 0 Å². The summed E-state index contributed by atoms with van der Waals surface area (Å²) < 4.78 is 5.59. The molecule has 1 aromatic heterocycles. The summed E-state index contributed by atoms with van der Waals surface area (Å²) in [6, 6.07) is 0.445. The molecule has 2 N–H and O–H groups in total. The predicted molar refractivity (Wildman–Crippen MR) is 66.7 cm³/mol. The van der Waals surface area contributed by atoms with E-state index in [2.05, 4.69) is 22.0 Å². The van der Waals surface area contributed by atoms with Gasteiger partial charge in [0, 0.05) is 13.1 Å². The average molecular weight is 238 g/mol. The van der Waals surface area contributed by atoms with Gasteiger partial charge in [-0.15, -0.1) is 5.10 Å². The minimum atomic E-state index is -0.188. The van der Waals surface area contributed by atoms with Crippen LogP contribution in [-0.2, 0) is 0 Å². The van der Waals surface area contributed by atoms with Crippen molar-refractivity contribution in [3.63, 3.8) is 0 Å². The minimum Gasteiger partial charge on any atom is -0.406 e. The van der Waals surface area contributed by atoms with Crippen molar-refractivity contribution < 1.29 is 4.42 Å². The van der Waals surface area contributed by atoms with Crippen LogP contribution in [0.1, 0.15) is 51.5 Å². The largest absolute Gasteiger partial charge is 0.406 e. The van der Waals surface area contributed by atoms with Gasteiger partial charge >= 0.3 is 6.01 Å². The molecule has 0 aromatic carbocycles. The normalized spacial score (nSPS) is 23.5. The van der Waals surface area contributed by atoms with Gasteiger partial charge in [0.2, 0.25) is 5.89 Å². The Hall–Kier alpha value is -1.10. The van der Waals surface area contributed by atoms with Crippen molar-refractivity contribution in [3.8, 4) is 0 Å². The third kappa shape index (κ3) is 2.97. The van der Waals surface area contributed by atoms with E-state index >= 15 is 0 Å². The SMILES string of the molecule is CCC1CCCN(c2nnc(C(C)N)o2)CC1. The number of hydrogen-bond acceptors (Lipinski definition) is 5. The van der Waals surface area contributed by atoms with Crippen molar-refractivity contribution in [1.29, 1.82) is 0 Å². The first-order valence-electron chi connectivity index (χ1n) is 6.54. The topological polar surface area (TPSA) is 68.2 Å². The van der Waals surface area contributed by atoms with Crippen LogP contribution in [-0.4, -0.2) is 23.3 Å². The van der Waals surface area contributed by atoms with E-state index in [0.29, 0.717) is 11.9 Å². The fourth-order valence-corrected chi connectivity index (χ4v) is 2.30. The summed E-state index contributed by atoms with van der Waals surface area (Å²) in [5.74, 6) is 1.37. The number of rotatable bonds is 3. The number of hydrogen-bond donors (Lipinski definition) is 1. The Bertz CT molecular complexity index is 350. The molecule has 2 atom stereocenters. The van der Waals surface area contributed by atoms with Gasteiger partial charge in [0.15, 0.2) is 0 Å². The molecule has 0 saturated carbocycles. The molecule has 0 spiro atoms. The highest BCUT2D eigenvalue weighted by Crippen LogP contribution is 2.24. The van der Waals surface area contributed by atoms with Gasteiger partial charge in [0.25, 0.3) is 0 Å². The number of anilines is 1. The van der Waals surface area contributed by atoms with E-state index in [4.69, 9.17) is 10.2 Å².